The number of benzene rings is 1. The summed E-state index contributed by atoms with van der Waals surface area (Å²) in [7, 11) is 1.78. The Morgan fingerprint density at radius 1 is 1.44 bits per heavy atom. The molecule has 1 aromatic carbocycles. The lowest BCUT2D eigenvalue weighted by molar-refractivity contribution is -0.130. The highest BCUT2D eigenvalue weighted by Gasteiger charge is 2.23. The zero-order valence-corrected chi connectivity index (χ0v) is 10.8. The summed E-state index contributed by atoms with van der Waals surface area (Å²) in [5, 5.41) is 3.20. The van der Waals surface area contributed by atoms with Gasteiger partial charge in [-0.15, -0.1) is 0 Å². The molecule has 0 aromatic heterocycles. The van der Waals surface area contributed by atoms with Crippen LogP contribution in [0.4, 0.5) is 4.39 Å². The Labute approximate surface area is 107 Å². The van der Waals surface area contributed by atoms with E-state index in [0.29, 0.717) is 12.6 Å². The molecule has 0 bridgehead atoms. The summed E-state index contributed by atoms with van der Waals surface area (Å²) in [6.45, 7) is 2.33. The summed E-state index contributed by atoms with van der Waals surface area (Å²) in [6, 6.07) is 6.78. The normalized spacial score (nSPS) is 16.4. The van der Waals surface area contributed by atoms with E-state index in [1.165, 1.54) is 25.0 Å². The minimum Gasteiger partial charge on any atom is -0.338 e. The van der Waals surface area contributed by atoms with Gasteiger partial charge in [0.25, 0.3) is 0 Å². The average Bonchev–Trinajstić information content (AvgIpc) is 3.19. The van der Waals surface area contributed by atoms with Gasteiger partial charge in [-0.25, -0.2) is 4.39 Å². The summed E-state index contributed by atoms with van der Waals surface area (Å²) in [5.74, 6) is -0.186. The third kappa shape index (κ3) is 3.29. The van der Waals surface area contributed by atoms with Crippen molar-refractivity contribution in [3.8, 4) is 0 Å². The van der Waals surface area contributed by atoms with Crippen LogP contribution in [0.2, 0.25) is 0 Å². The van der Waals surface area contributed by atoms with Crippen molar-refractivity contribution < 1.29 is 9.18 Å². The second-order valence-electron chi connectivity index (χ2n) is 4.89. The molecule has 0 aliphatic heterocycles. The number of nitrogens with one attached hydrogen (secondary N) is 1. The van der Waals surface area contributed by atoms with E-state index in [1.807, 2.05) is 6.92 Å². The number of hydrogen-bond acceptors (Lipinski definition) is 2. The highest BCUT2D eigenvalue weighted by atomic mass is 19.1. The summed E-state index contributed by atoms with van der Waals surface area (Å²) in [6.07, 6.45) is 2.34. The highest BCUT2D eigenvalue weighted by Crippen LogP contribution is 2.20. The van der Waals surface area contributed by atoms with Gasteiger partial charge < -0.3 is 10.2 Å². The Morgan fingerprint density at radius 3 is 2.61 bits per heavy atom. The maximum absolute atomic E-state index is 12.8. The van der Waals surface area contributed by atoms with Crippen LogP contribution in [0, 0.1) is 5.82 Å². The standard InChI is InChI=1S/C14H19FN2O/c1-10(11-3-5-12(15)6-4-11)17(2)14(18)9-16-13-7-8-13/h3-6,10,13,16H,7-9H2,1-2H3. The molecule has 1 aromatic rings. The van der Waals surface area contributed by atoms with E-state index >= 15 is 0 Å². The molecule has 1 amide bonds. The van der Waals surface area contributed by atoms with E-state index in [2.05, 4.69) is 5.32 Å². The molecule has 0 spiro atoms. The van der Waals surface area contributed by atoms with E-state index < -0.39 is 0 Å². The van der Waals surface area contributed by atoms with Crippen LogP contribution in [0.3, 0.4) is 0 Å². The fraction of sp³-hybridized carbons (Fsp3) is 0.500. The number of carbonyl (C=O) groups is 1. The summed E-state index contributed by atoms with van der Waals surface area (Å²) in [5.41, 5.74) is 0.943. The van der Waals surface area contributed by atoms with Crippen molar-refractivity contribution in [2.45, 2.75) is 31.8 Å². The SMILES string of the molecule is CC(c1ccc(F)cc1)N(C)C(=O)CNC1CC1. The fourth-order valence-corrected chi connectivity index (χ4v) is 1.82. The molecule has 4 heteroatoms. The minimum atomic E-state index is -0.254. The van der Waals surface area contributed by atoms with Gasteiger partial charge in [-0.05, 0) is 37.5 Å². The molecule has 0 radical (unpaired) electrons. The monoisotopic (exact) mass is 250 g/mol. The zero-order chi connectivity index (χ0) is 13.1. The predicted molar refractivity (Wildman–Crippen MR) is 68.6 cm³/mol. The van der Waals surface area contributed by atoms with Crippen molar-refractivity contribution >= 4 is 5.91 Å². The number of hydrogen-bond donors (Lipinski definition) is 1. The lowest BCUT2D eigenvalue weighted by Gasteiger charge is -2.25. The molecular weight excluding hydrogens is 231 g/mol. The third-order valence-electron chi connectivity index (χ3n) is 3.45. The van der Waals surface area contributed by atoms with Gasteiger partial charge in [0, 0.05) is 13.1 Å². The highest BCUT2D eigenvalue weighted by molar-refractivity contribution is 5.78. The largest absolute Gasteiger partial charge is 0.338 e. The van der Waals surface area contributed by atoms with E-state index in [-0.39, 0.29) is 17.8 Å². The Kier molecular flexibility index (Phi) is 3.97. The van der Waals surface area contributed by atoms with Crippen LogP contribution in [-0.4, -0.2) is 30.4 Å². The van der Waals surface area contributed by atoms with Gasteiger partial charge >= 0.3 is 0 Å². The van der Waals surface area contributed by atoms with Gasteiger partial charge in [0.2, 0.25) is 5.91 Å². The third-order valence-corrected chi connectivity index (χ3v) is 3.45. The van der Waals surface area contributed by atoms with Crippen LogP contribution < -0.4 is 5.32 Å². The number of carbonyl (C=O) groups excluding carboxylic acids is 1. The van der Waals surface area contributed by atoms with Crippen molar-refractivity contribution in [1.29, 1.82) is 0 Å². The first-order valence-corrected chi connectivity index (χ1v) is 6.32. The second-order valence-corrected chi connectivity index (χ2v) is 4.89. The predicted octanol–water partition coefficient (Wildman–Crippen LogP) is 2.10. The van der Waals surface area contributed by atoms with Crippen molar-refractivity contribution in [2.75, 3.05) is 13.6 Å². The molecule has 2 rings (SSSR count). The maximum atomic E-state index is 12.8. The van der Waals surface area contributed by atoms with Crippen LogP contribution >= 0.6 is 0 Å². The van der Waals surface area contributed by atoms with Gasteiger partial charge in [0.05, 0.1) is 12.6 Å². The van der Waals surface area contributed by atoms with Gasteiger partial charge in [-0.1, -0.05) is 12.1 Å². The number of nitrogens with zero attached hydrogens (tertiary/aromatic N) is 1. The summed E-state index contributed by atoms with van der Waals surface area (Å²) < 4.78 is 12.8. The summed E-state index contributed by atoms with van der Waals surface area (Å²) >= 11 is 0. The number of likely N-dealkylation sites (N-methyl/N-ethyl adjacent to an activating group) is 1. The van der Waals surface area contributed by atoms with Crippen molar-refractivity contribution in [3.63, 3.8) is 0 Å². The van der Waals surface area contributed by atoms with Crippen LogP contribution in [0.15, 0.2) is 24.3 Å². The van der Waals surface area contributed by atoms with E-state index in [9.17, 15) is 9.18 Å². The lowest BCUT2D eigenvalue weighted by atomic mass is 10.1. The molecule has 1 aliphatic carbocycles. The van der Waals surface area contributed by atoms with E-state index in [0.717, 1.165) is 5.56 Å². The molecule has 0 saturated heterocycles. The van der Waals surface area contributed by atoms with Gasteiger partial charge in [0.15, 0.2) is 0 Å². The molecule has 18 heavy (non-hydrogen) atoms. The second kappa shape index (κ2) is 5.48. The van der Waals surface area contributed by atoms with Gasteiger partial charge in [-0.2, -0.15) is 0 Å². The molecular formula is C14H19FN2O. The molecule has 1 aliphatic rings. The quantitative estimate of drug-likeness (QED) is 0.868. The van der Waals surface area contributed by atoms with Crippen LogP contribution in [0.25, 0.3) is 0 Å². The minimum absolute atomic E-state index is 0.0425. The first kappa shape index (κ1) is 13.0. The molecule has 98 valence electrons. The molecule has 1 N–H and O–H groups in total. The Hall–Kier alpha value is -1.42. The van der Waals surface area contributed by atoms with Crippen molar-refractivity contribution in [1.82, 2.24) is 10.2 Å². The van der Waals surface area contributed by atoms with Crippen LogP contribution in [0.1, 0.15) is 31.4 Å². The van der Waals surface area contributed by atoms with Crippen LogP contribution in [-0.2, 0) is 4.79 Å². The summed E-state index contributed by atoms with van der Waals surface area (Å²) in [4.78, 5) is 13.6. The molecule has 3 nitrogen and oxygen atoms in total. The van der Waals surface area contributed by atoms with Gasteiger partial charge in [-0.3, -0.25) is 4.79 Å². The zero-order valence-electron chi connectivity index (χ0n) is 10.8. The number of rotatable bonds is 5. The average molecular weight is 250 g/mol. The number of amides is 1. The molecule has 1 fully saturated rings. The number of halogens is 1. The lowest BCUT2D eigenvalue weighted by Crippen LogP contribution is -2.37. The molecule has 1 atom stereocenters. The molecule has 1 unspecified atom stereocenters. The van der Waals surface area contributed by atoms with Gasteiger partial charge in [0.1, 0.15) is 5.82 Å². The fourth-order valence-electron chi connectivity index (χ4n) is 1.82. The van der Waals surface area contributed by atoms with Crippen molar-refractivity contribution in [3.05, 3.63) is 35.6 Å². The Bertz CT molecular complexity index is 414. The molecule has 1 saturated carbocycles. The topological polar surface area (TPSA) is 32.3 Å². The molecule has 0 heterocycles. The van der Waals surface area contributed by atoms with Crippen LogP contribution in [0.5, 0.6) is 0 Å². The van der Waals surface area contributed by atoms with E-state index in [4.69, 9.17) is 0 Å². The Morgan fingerprint density at radius 2 is 2.06 bits per heavy atom. The first-order valence-electron chi connectivity index (χ1n) is 6.32. The smallest absolute Gasteiger partial charge is 0.236 e. The maximum Gasteiger partial charge on any atom is 0.236 e. The van der Waals surface area contributed by atoms with Crippen molar-refractivity contribution in [2.24, 2.45) is 0 Å². The Balaban J connectivity index is 1.91. The van der Waals surface area contributed by atoms with E-state index in [1.54, 1.807) is 24.1 Å². The first-order chi connectivity index (χ1) is 8.58.